The third kappa shape index (κ3) is 3.33. The van der Waals surface area contributed by atoms with Crippen LogP contribution in [-0.4, -0.2) is 47.1 Å². The van der Waals surface area contributed by atoms with E-state index in [0.717, 1.165) is 37.4 Å². The van der Waals surface area contributed by atoms with Crippen molar-refractivity contribution in [1.82, 2.24) is 14.9 Å². The standard InChI is InChI=1S/C19H22ClN5O/c1-13-2-7-16-17(13)18(22-12-21-16)24-8-10-25(11-9-24)19(26)23-15-5-3-14(20)4-6-15/h3-6,12-13H,2,7-11H2,1H3,(H,23,26)/t13-/m1/s1. The molecule has 0 saturated carbocycles. The van der Waals surface area contributed by atoms with Crippen molar-refractivity contribution in [1.29, 1.82) is 0 Å². The first kappa shape index (κ1) is 17.1. The second kappa shape index (κ2) is 7.11. The van der Waals surface area contributed by atoms with Crippen molar-refractivity contribution in [2.75, 3.05) is 36.4 Å². The van der Waals surface area contributed by atoms with Gasteiger partial charge in [0.15, 0.2) is 0 Å². The maximum Gasteiger partial charge on any atom is 0.321 e. The van der Waals surface area contributed by atoms with Gasteiger partial charge in [0.05, 0.1) is 0 Å². The Morgan fingerprint density at radius 1 is 1.15 bits per heavy atom. The van der Waals surface area contributed by atoms with Crippen molar-refractivity contribution < 1.29 is 4.79 Å². The number of anilines is 2. The van der Waals surface area contributed by atoms with Crippen molar-refractivity contribution in [3.8, 4) is 0 Å². The number of benzene rings is 1. The second-order valence-corrected chi connectivity index (χ2v) is 7.34. The van der Waals surface area contributed by atoms with E-state index in [4.69, 9.17) is 11.6 Å². The molecule has 7 heteroatoms. The Hall–Kier alpha value is -2.34. The molecule has 136 valence electrons. The van der Waals surface area contributed by atoms with E-state index >= 15 is 0 Å². The Morgan fingerprint density at radius 2 is 1.88 bits per heavy atom. The SMILES string of the molecule is C[C@@H]1CCc2ncnc(N3CCN(C(=O)Nc4ccc(Cl)cc4)CC3)c21. The molecule has 0 bridgehead atoms. The van der Waals surface area contributed by atoms with Crippen LogP contribution in [0.15, 0.2) is 30.6 Å². The summed E-state index contributed by atoms with van der Waals surface area (Å²) < 4.78 is 0. The monoisotopic (exact) mass is 371 g/mol. The van der Waals surface area contributed by atoms with Gasteiger partial charge in [0.25, 0.3) is 0 Å². The highest BCUT2D eigenvalue weighted by molar-refractivity contribution is 6.30. The van der Waals surface area contributed by atoms with Gasteiger partial charge in [0.2, 0.25) is 0 Å². The largest absolute Gasteiger partial charge is 0.353 e. The smallest absolute Gasteiger partial charge is 0.321 e. The van der Waals surface area contributed by atoms with Crippen LogP contribution in [0, 0.1) is 0 Å². The molecule has 1 N–H and O–H groups in total. The van der Waals surface area contributed by atoms with E-state index in [-0.39, 0.29) is 6.03 Å². The van der Waals surface area contributed by atoms with Gasteiger partial charge in [-0.3, -0.25) is 0 Å². The first-order chi connectivity index (χ1) is 12.6. The van der Waals surface area contributed by atoms with E-state index in [0.29, 0.717) is 24.0 Å². The van der Waals surface area contributed by atoms with Crippen molar-refractivity contribution in [2.24, 2.45) is 0 Å². The number of hydrogen-bond acceptors (Lipinski definition) is 4. The molecule has 1 aliphatic heterocycles. The number of urea groups is 1. The molecule has 1 aromatic carbocycles. The lowest BCUT2D eigenvalue weighted by molar-refractivity contribution is 0.208. The summed E-state index contributed by atoms with van der Waals surface area (Å²) in [5.41, 5.74) is 3.24. The van der Waals surface area contributed by atoms with Crippen LogP contribution >= 0.6 is 11.6 Å². The van der Waals surface area contributed by atoms with Crippen molar-refractivity contribution >= 4 is 29.1 Å². The lowest BCUT2D eigenvalue weighted by Gasteiger charge is -2.36. The predicted molar refractivity (Wildman–Crippen MR) is 103 cm³/mol. The van der Waals surface area contributed by atoms with Crippen LogP contribution in [-0.2, 0) is 6.42 Å². The highest BCUT2D eigenvalue weighted by atomic mass is 35.5. The molecule has 0 spiro atoms. The summed E-state index contributed by atoms with van der Waals surface area (Å²) in [5.74, 6) is 1.56. The van der Waals surface area contributed by atoms with Gasteiger partial charge in [0, 0.05) is 48.1 Å². The Labute approximate surface area is 158 Å². The maximum absolute atomic E-state index is 12.5. The van der Waals surface area contributed by atoms with Gasteiger partial charge in [0.1, 0.15) is 12.1 Å². The Bertz CT molecular complexity index is 802. The van der Waals surface area contributed by atoms with Crippen LogP contribution < -0.4 is 10.2 Å². The minimum absolute atomic E-state index is 0.0757. The molecule has 4 rings (SSSR count). The normalized spacial score (nSPS) is 19.4. The number of aromatic nitrogens is 2. The van der Waals surface area contributed by atoms with Crippen LogP contribution in [0.1, 0.15) is 30.5 Å². The summed E-state index contributed by atoms with van der Waals surface area (Å²) in [7, 11) is 0. The Morgan fingerprint density at radius 3 is 2.62 bits per heavy atom. The minimum atomic E-state index is -0.0757. The average Bonchev–Trinajstić information content (AvgIpc) is 3.05. The Balaban J connectivity index is 1.39. The number of nitrogens with zero attached hydrogens (tertiary/aromatic N) is 4. The maximum atomic E-state index is 12.5. The molecule has 0 radical (unpaired) electrons. The molecule has 26 heavy (non-hydrogen) atoms. The minimum Gasteiger partial charge on any atom is -0.353 e. The number of hydrogen-bond donors (Lipinski definition) is 1. The van der Waals surface area contributed by atoms with Gasteiger partial charge in [-0.25, -0.2) is 14.8 Å². The average molecular weight is 372 g/mol. The van der Waals surface area contributed by atoms with Crippen LogP contribution in [0.25, 0.3) is 0 Å². The number of aryl methyl sites for hydroxylation is 1. The second-order valence-electron chi connectivity index (χ2n) is 6.91. The summed E-state index contributed by atoms with van der Waals surface area (Å²) in [6.45, 7) is 5.15. The van der Waals surface area contributed by atoms with Gasteiger partial charge in [-0.1, -0.05) is 18.5 Å². The fourth-order valence-electron chi connectivity index (χ4n) is 3.73. The zero-order chi connectivity index (χ0) is 18.1. The summed E-state index contributed by atoms with van der Waals surface area (Å²) >= 11 is 5.88. The fraction of sp³-hybridized carbons (Fsp3) is 0.421. The van der Waals surface area contributed by atoms with E-state index in [1.54, 1.807) is 18.5 Å². The van der Waals surface area contributed by atoms with Crippen LogP contribution in [0.5, 0.6) is 0 Å². The van der Waals surface area contributed by atoms with Crippen molar-refractivity contribution in [3.05, 3.63) is 46.9 Å². The van der Waals surface area contributed by atoms with Crippen LogP contribution in [0.3, 0.4) is 0 Å². The number of fused-ring (bicyclic) bond motifs is 1. The van der Waals surface area contributed by atoms with E-state index in [2.05, 4.69) is 27.1 Å². The molecule has 6 nitrogen and oxygen atoms in total. The Kier molecular flexibility index (Phi) is 4.68. The van der Waals surface area contributed by atoms with Gasteiger partial charge in [-0.2, -0.15) is 0 Å². The fourth-order valence-corrected chi connectivity index (χ4v) is 3.86. The zero-order valence-electron chi connectivity index (χ0n) is 14.8. The summed E-state index contributed by atoms with van der Waals surface area (Å²) in [4.78, 5) is 25.6. The predicted octanol–water partition coefficient (Wildman–Crippen LogP) is 3.53. The van der Waals surface area contributed by atoms with Gasteiger partial charge in [-0.15, -0.1) is 0 Å². The van der Waals surface area contributed by atoms with E-state index < -0.39 is 0 Å². The van der Waals surface area contributed by atoms with E-state index in [9.17, 15) is 4.79 Å². The number of carbonyl (C=O) groups excluding carboxylic acids is 1. The summed E-state index contributed by atoms with van der Waals surface area (Å²) in [5, 5.41) is 3.58. The molecule has 1 aromatic heterocycles. The topological polar surface area (TPSA) is 61.4 Å². The molecule has 1 saturated heterocycles. The number of nitrogens with one attached hydrogen (secondary N) is 1. The molecular formula is C19H22ClN5O. The van der Waals surface area contributed by atoms with Crippen molar-refractivity contribution in [2.45, 2.75) is 25.7 Å². The summed E-state index contributed by atoms with van der Waals surface area (Å²) in [6, 6.07) is 7.08. The number of halogens is 1. The molecule has 0 unspecified atom stereocenters. The third-order valence-electron chi connectivity index (χ3n) is 5.21. The lowest BCUT2D eigenvalue weighted by Crippen LogP contribution is -2.50. The molecule has 1 fully saturated rings. The van der Waals surface area contributed by atoms with Crippen molar-refractivity contribution in [3.63, 3.8) is 0 Å². The van der Waals surface area contributed by atoms with Crippen LogP contribution in [0.2, 0.25) is 5.02 Å². The number of piperazine rings is 1. The number of rotatable bonds is 2. The molecule has 1 atom stereocenters. The van der Waals surface area contributed by atoms with Gasteiger partial charge < -0.3 is 15.1 Å². The molecule has 2 heterocycles. The first-order valence-electron chi connectivity index (χ1n) is 9.02. The van der Waals surface area contributed by atoms with E-state index in [1.165, 1.54) is 11.3 Å². The number of carbonyl (C=O) groups is 1. The highest BCUT2D eigenvalue weighted by Crippen LogP contribution is 2.37. The molecule has 2 aromatic rings. The lowest BCUT2D eigenvalue weighted by atomic mass is 10.1. The van der Waals surface area contributed by atoms with Gasteiger partial charge >= 0.3 is 6.03 Å². The quantitative estimate of drug-likeness (QED) is 0.877. The molecule has 1 aliphatic carbocycles. The molecule has 2 aliphatic rings. The molecule has 2 amide bonds. The first-order valence-corrected chi connectivity index (χ1v) is 9.40. The van der Waals surface area contributed by atoms with Gasteiger partial charge in [-0.05, 0) is 43.0 Å². The summed E-state index contributed by atoms with van der Waals surface area (Å²) in [6.07, 6.45) is 3.85. The van der Waals surface area contributed by atoms with E-state index in [1.807, 2.05) is 17.0 Å². The van der Waals surface area contributed by atoms with Crippen LogP contribution in [0.4, 0.5) is 16.3 Å². The third-order valence-corrected chi connectivity index (χ3v) is 5.47. The molecular weight excluding hydrogens is 350 g/mol. The number of amides is 2. The zero-order valence-corrected chi connectivity index (χ0v) is 15.5. The highest BCUT2D eigenvalue weighted by Gasteiger charge is 2.29.